The molecule has 0 spiro atoms. The maximum Gasteiger partial charge on any atom is 0.150 e. The van der Waals surface area contributed by atoms with E-state index < -0.39 is 9.84 Å². The highest BCUT2D eigenvalue weighted by Gasteiger charge is 2.32. The molecule has 1 aliphatic rings. The van der Waals surface area contributed by atoms with Gasteiger partial charge in [0, 0.05) is 5.38 Å². The molecule has 1 saturated heterocycles. The molecule has 2 nitrogen and oxygen atoms in total. The molecular formula is C12H23ClO2S. The molecule has 1 aliphatic heterocycles. The van der Waals surface area contributed by atoms with Crippen LogP contribution in [0.3, 0.4) is 0 Å². The van der Waals surface area contributed by atoms with Crippen LogP contribution in [0.15, 0.2) is 0 Å². The Kier molecular flexibility index (Phi) is 6.12. The third-order valence-electron chi connectivity index (χ3n) is 3.36. The van der Waals surface area contributed by atoms with Crippen molar-refractivity contribution >= 4 is 21.4 Å². The molecule has 96 valence electrons. The predicted octanol–water partition coefficient (Wildman–Crippen LogP) is 3.39. The van der Waals surface area contributed by atoms with Crippen LogP contribution in [-0.2, 0) is 9.84 Å². The second-order valence-corrected chi connectivity index (χ2v) is 7.67. The second-order valence-electron chi connectivity index (χ2n) is 4.88. The molecule has 2 atom stereocenters. The monoisotopic (exact) mass is 266 g/mol. The average Bonchev–Trinajstić information content (AvgIpc) is 2.58. The SMILES string of the molecule is CCCCCCCC(Cl)C1CCS(=O)(=O)C1. The number of halogens is 1. The van der Waals surface area contributed by atoms with Crippen molar-refractivity contribution in [1.29, 1.82) is 0 Å². The average molecular weight is 267 g/mol. The van der Waals surface area contributed by atoms with Gasteiger partial charge in [0.15, 0.2) is 9.84 Å². The zero-order chi connectivity index (χ0) is 12.0. The first-order valence-corrected chi connectivity index (χ1v) is 8.65. The van der Waals surface area contributed by atoms with Crippen LogP contribution in [0, 0.1) is 5.92 Å². The Labute approximate surface area is 105 Å². The number of hydrogen-bond acceptors (Lipinski definition) is 2. The Hall–Kier alpha value is 0.240. The topological polar surface area (TPSA) is 34.1 Å². The molecule has 0 bridgehead atoms. The van der Waals surface area contributed by atoms with Crippen LogP contribution >= 0.6 is 11.6 Å². The first-order chi connectivity index (χ1) is 7.55. The summed E-state index contributed by atoms with van der Waals surface area (Å²) in [4.78, 5) is 0. The van der Waals surface area contributed by atoms with Crippen LogP contribution in [0.2, 0.25) is 0 Å². The molecule has 0 radical (unpaired) electrons. The van der Waals surface area contributed by atoms with Gasteiger partial charge >= 0.3 is 0 Å². The van der Waals surface area contributed by atoms with Crippen molar-refractivity contribution in [3.05, 3.63) is 0 Å². The summed E-state index contributed by atoms with van der Waals surface area (Å²) in [6.45, 7) is 2.20. The van der Waals surface area contributed by atoms with Crippen molar-refractivity contribution in [3.8, 4) is 0 Å². The highest BCUT2D eigenvalue weighted by atomic mass is 35.5. The highest BCUT2D eigenvalue weighted by molar-refractivity contribution is 7.91. The highest BCUT2D eigenvalue weighted by Crippen LogP contribution is 2.28. The summed E-state index contributed by atoms with van der Waals surface area (Å²) in [5, 5.41) is 0.0684. The van der Waals surface area contributed by atoms with Gasteiger partial charge in [0.25, 0.3) is 0 Å². The number of alkyl halides is 1. The van der Waals surface area contributed by atoms with Gasteiger partial charge in [-0.3, -0.25) is 0 Å². The van der Waals surface area contributed by atoms with Gasteiger partial charge in [0.2, 0.25) is 0 Å². The van der Waals surface area contributed by atoms with E-state index in [1.54, 1.807) is 0 Å². The van der Waals surface area contributed by atoms with E-state index in [4.69, 9.17) is 11.6 Å². The lowest BCUT2D eigenvalue weighted by molar-refractivity contribution is 0.498. The van der Waals surface area contributed by atoms with Crippen molar-refractivity contribution < 1.29 is 8.42 Å². The number of sulfone groups is 1. The Bertz CT molecular complexity index is 287. The van der Waals surface area contributed by atoms with Gasteiger partial charge in [0.05, 0.1) is 11.5 Å². The van der Waals surface area contributed by atoms with E-state index in [9.17, 15) is 8.42 Å². The molecule has 16 heavy (non-hydrogen) atoms. The lowest BCUT2D eigenvalue weighted by Crippen LogP contribution is -2.16. The fourth-order valence-corrected chi connectivity index (χ4v) is 4.64. The zero-order valence-electron chi connectivity index (χ0n) is 10.1. The maximum atomic E-state index is 11.3. The van der Waals surface area contributed by atoms with Crippen LogP contribution < -0.4 is 0 Å². The van der Waals surface area contributed by atoms with E-state index in [2.05, 4.69) is 6.92 Å². The standard InChI is InChI=1S/C12H23ClO2S/c1-2-3-4-5-6-7-12(13)11-8-9-16(14,15)10-11/h11-12H,2-10H2,1H3. The minimum atomic E-state index is -2.76. The third kappa shape index (κ3) is 5.05. The summed E-state index contributed by atoms with van der Waals surface area (Å²) < 4.78 is 22.6. The maximum absolute atomic E-state index is 11.3. The molecular weight excluding hydrogens is 244 g/mol. The summed E-state index contributed by atoms with van der Waals surface area (Å²) in [6.07, 6.45) is 7.96. The quantitative estimate of drug-likeness (QED) is 0.523. The Morgan fingerprint density at radius 2 is 1.94 bits per heavy atom. The zero-order valence-corrected chi connectivity index (χ0v) is 11.7. The molecule has 2 unspecified atom stereocenters. The molecule has 1 heterocycles. The molecule has 0 amide bonds. The fourth-order valence-electron chi connectivity index (χ4n) is 2.29. The van der Waals surface area contributed by atoms with E-state index in [1.165, 1.54) is 25.7 Å². The molecule has 1 rings (SSSR count). The van der Waals surface area contributed by atoms with Gasteiger partial charge < -0.3 is 0 Å². The van der Waals surface area contributed by atoms with Crippen molar-refractivity contribution in [2.75, 3.05) is 11.5 Å². The molecule has 0 aromatic heterocycles. The van der Waals surface area contributed by atoms with Crippen LogP contribution in [0.5, 0.6) is 0 Å². The van der Waals surface area contributed by atoms with Crippen LogP contribution in [0.25, 0.3) is 0 Å². The minimum Gasteiger partial charge on any atom is -0.229 e. The number of unbranched alkanes of at least 4 members (excludes halogenated alkanes) is 4. The molecule has 0 saturated carbocycles. The van der Waals surface area contributed by atoms with Gasteiger partial charge in [-0.15, -0.1) is 11.6 Å². The smallest absolute Gasteiger partial charge is 0.150 e. The van der Waals surface area contributed by atoms with Crippen molar-refractivity contribution in [2.24, 2.45) is 5.92 Å². The predicted molar refractivity (Wildman–Crippen MR) is 69.8 cm³/mol. The molecule has 1 fully saturated rings. The lowest BCUT2D eigenvalue weighted by Gasteiger charge is -2.15. The largest absolute Gasteiger partial charge is 0.229 e. The van der Waals surface area contributed by atoms with Gasteiger partial charge in [-0.05, 0) is 18.8 Å². The number of rotatable bonds is 7. The summed E-state index contributed by atoms with van der Waals surface area (Å²) in [5.74, 6) is 0.866. The third-order valence-corrected chi connectivity index (χ3v) is 5.73. The first kappa shape index (κ1) is 14.3. The van der Waals surface area contributed by atoms with Gasteiger partial charge in [-0.1, -0.05) is 39.0 Å². The normalized spacial score (nSPS) is 25.8. The summed E-state index contributed by atoms with van der Waals surface area (Å²) in [5.41, 5.74) is 0. The molecule has 0 aromatic rings. The minimum absolute atomic E-state index is 0.0684. The second kappa shape index (κ2) is 6.85. The Morgan fingerprint density at radius 3 is 2.50 bits per heavy atom. The van der Waals surface area contributed by atoms with E-state index >= 15 is 0 Å². The van der Waals surface area contributed by atoms with Crippen LogP contribution in [0.4, 0.5) is 0 Å². The summed E-state index contributed by atoms with van der Waals surface area (Å²) in [6, 6.07) is 0. The van der Waals surface area contributed by atoms with Crippen LogP contribution in [0.1, 0.15) is 51.9 Å². The molecule has 0 aromatic carbocycles. The van der Waals surface area contributed by atoms with E-state index in [-0.39, 0.29) is 11.3 Å². The van der Waals surface area contributed by atoms with E-state index in [0.29, 0.717) is 11.5 Å². The summed E-state index contributed by atoms with van der Waals surface area (Å²) >= 11 is 6.26. The van der Waals surface area contributed by atoms with Crippen molar-refractivity contribution in [2.45, 2.75) is 57.2 Å². The Balaban J connectivity index is 2.14. The van der Waals surface area contributed by atoms with Gasteiger partial charge in [-0.2, -0.15) is 0 Å². The first-order valence-electron chi connectivity index (χ1n) is 6.39. The van der Waals surface area contributed by atoms with Crippen LogP contribution in [-0.4, -0.2) is 25.3 Å². The molecule has 4 heteroatoms. The number of hydrogen-bond donors (Lipinski definition) is 0. The Morgan fingerprint density at radius 1 is 1.25 bits per heavy atom. The van der Waals surface area contributed by atoms with E-state index in [0.717, 1.165) is 19.3 Å². The van der Waals surface area contributed by atoms with Crippen molar-refractivity contribution in [3.63, 3.8) is 0 Å². The lowest BCUT2D eigenvalue weighted by atomic mass is 9.99. The van der Waals surface area contributed by atoms with E-state index in [1.807, 2.05) is 0 Å². The fraction of sp³-hybridized carbons (Fsp3) is 1.00. The van der Waals surface area contributed by atoms with Gasteiger partial charge in [-0.25, -0.2) is 8.42 Å². The van der Waals surface area contributed by atoms with Gasteiger partial charge in [0.1, 0.15) is 0 Å². The molecule has 0 N–H and O–H groups in total. The molecule has 0 aliphatic carbocycles. The van der Waals surface area contributed by atoms with Crippen molar-refractivity contribution in [1.82, 2.24) is 0 Å². The summed E-state index contributed by atoms with van der Waals surface area (Å²) in [7, 11) is -2.76.